The van der Waals surface area contributed by atoms with Gasteiger partial charge in [-0.05, 0) is 42.2 Å². The first-order valence-electron chi connectivity index (χ1n) is 5.18. The van der Waals surface area contributed by atoms with E-state index in [0.717, 1.165) is 28.6 Å². The first-order valence-corrected chi connectivity index (χ1v) is 5.98. The summed E-state index contributed by atoms with van der Waals surface area (Å²) >= 11 is 3.42. The SMILES string of the molecule is Nc1ccncc1CCc1ccc(Br)cc1. The van der Waals surface area contributed by atoms with Crippen molar-refractivity contribution < 1.29 is 0 Å². The summed E-state index contributed by atoms with van der Waals surface area (Å²) in [5, 5.41) is 0. The average molecular weight is 277 g/mol. The van der Waals surface area contributed by atoms with Crippen molar-refractivity contribution in [2.45, 2.75) is 12.8 Å². The van der Waals surface area contributed by atoms with Crippen LogP contribution >= 0.6 is 15.9 Å². The van der Waals surface area contributed by atoms with Gasteiger partial charge in [-0.15, -0.1) is 0 Å². The maximum Gasteiger partial charge on any atom is 0.0377 e. The lowest BCUT2D eigenvalue weighted by molar-refractivity contribution is 0.952. The summed E-state index contributed by atoms with van der Waals surface area (Å²) < 4.78 is 1.11. The second kappa shape index (κ2) is 5.12. The fourth-order valence-corrected chi connectivity index (χ4v) is 1.84. The predicted octanol–water partition coefficient (Wildman–Crippen LogP) is 3.21. The second-order valence-corrected chi connectivity index (χ2v) is 4.62. The minimum atomic E-state index is 0.826. The molecule has 0 spiro atoms. The maximum atomic E-state index is 5.86. The molecule has 2 nitrogen and oxygen atoms in total. The van der Waals surface area contributed by atoms with Gasteiger partial charge in [0.25, 0.3) is 0 Å². The minimum Gasteiger partial charge on any atom is -0.398 e. The van der Waals surface area contributed by atoms with E-state index in [2.05, 4.69) is 45.2 Å². The zero-order chi connectivity index (χ0) is 11.4. The van der Waals surface area contributed by atoms with Gasteiger partial charge in [0.1, 0.15) is 0 Å². The van der Waals surface area contributed by atoms with Gasteiger partial charge in [0.05, 0.1) is 0 Å². The molecule has 0 atom stereocenters. The molecule has 2 rings (SSSR count). The maximum absolute atomic E-state index is 5.86. The van der Waals surface area contributed by atoms with Crippen molar-refractivity contribution in [3.8, 4) is 0 Å². The van der Waals surface area contributed by atoms with Crippen LogP contribution in [-0.4, -0.2) is 4.98 Å². The molecule has 1 heterocycles. The van der Waals surface area contributed by atoms with Gasteiger partial charge >= 0.3 is 0 Å². The molecule has 0 aliphatic heterocycles. The molecule has 82 valence electrons. The van der Waals surface area contributed by atoms with Crippen molar-refractivity contribution >= 4 is 21.6 Å². The van der Waals surface area contributed by atoms with Crippen LogP contribution in [0.25, 0.3) is 0 Å². The number of nitrogens with zero attached hydrogens (tertiary/aromatic N) is 1. The number of halogens is 1. The smallest absolute Gasteiger partial charge is 0.0377 e. The number of anilines is 1. The Bertz CT molecular complexity index is 466. The molecule has 16 heavy (non-hydrogen) atoms. The first-order chi connectivity index (χ1) is 7.75. The van der Waals surface area contributed by atoms with Crippen LogP contribution in [0.15, 0.2) is 47.2 Å². The van der Waals surface area contributed by atoms with E-state index in [1.165, 1.54) is 5.56 Å². The molecule has 0 saturated carbocycles. The highest BCUT2D eigenvalue weighted by molar-refractivity contribution is 9.10. The van der Waals surface area contributed by atoms with E-state index in [9.17, 15) is 0 Å². The summed E-state index contributed by atoms with van der Waals surface area (Å²) in [4.78, 5) is 4.08. The largest absolute Gasteiger partial charge is 0.398 e. The van der Waals surface area contributed by atoms with Crippen molar-refractivity contribution in [3.63, 3.8) is 0 Å². The van der Waals surface area contributed by atoms with Crippen molar-refractivity contribution in [1.82, 2.24) is 4.98 Å². The molecule has 0 unspecified atom stereocenters. The van der Waals surface area contributed by atoms with Crippen molar-refractivity contribution in [2.24, 2.45) is 0 Å². The number of aromatic nitrogens is 1. The highest BCUT2D eigenvalue weighted by atomic mass is 79.9. The Morgan fingerprint density at radius 3 is 2.50 bits per heavy atom. The van der Waals surface area contributed by atoms with Crippen LogP contribution in [0.1, 0.15) is 11.1 Å². The number of pyridine rings is 1. The molecular weight excluding hydrogens is 264 g/mol. The number of nitrogens with two attached hydrogens (primary N) is 1. The van der Waals surface area contributed by atoms with Crippen LogP contribution in [-0.2, 0) is 12.8 Å². The fourth-order valence-electron chi connectivity index (χ4n) is 1.58. The summed E-state index contributed by atoms with van der Waals surface area (Å²) in [6.07, 6.45) is 5.48. The van der Waals surface area contributed by atoms with E-state index >= 15 is 0 Å². The lowest BCUT2D eigenvalue weighted by atomic mass is 10.1. The monoisotopic (exact) mass is 276 g/mol. The topological polar surface area (TPSA) is 38.9 Å². The van der Waals surface area contributed by atoms with Gasteiger partial charge in [-0.1, -0.05) is 28.1 Å². The molecule has 3 heteroatoms. The Kier molecular flexibility index (Phi) is 3.57. The minimum absolute atomic E-state index is 0.826. The number of aryl methyl sites for hydroxylation is 2. The molecule has 2 aromatic rings. The second-order valence-electron chi connectivity index (χ2n) is 3.70. The fraction of sp³-hybridized carbons (Fsp3) is 0.154. The number of rotatable bonds is 3. The molecular formula is C13H13BrN2. The van der Waals surface area contributed by atoms with Gasteiger partial charge in [0.15, 0.2) is 0 Å². The van der Waals surface area contributed by atoms with Crippen LogP contribution in [0, 0.1) is 0 Å². The molecule has 1 aromatic heterocycles. The summed E-state index contributed by atoms with van der Waals surface area (Å²) in [5.41, 5.74) is 9.12. The Labute approximate surface area is 104 Å². The molecule has 1 aromatic carbocycles. The highest BCUT2D eigenvalue weighted by Gasteiger charge is 1.99. The van der Waals surface area contributed by atoms with Crippen LogP contribution in [0.5, 0.6) is 0 Å². The zero-order valence-corrected chi connectivity index (χ0v) is 10.4. The normalized spacial score (nSPS) is 10.3. The van der Waals surface area contributed by atoms with Gasteiger partial charge in [-0.3, -0.25) is 4.98 Å². The van der Waals surface area contributed by atoms with Gasteiger partial charge in [0, 0.05) is 22.6 Å². The van der Waals surface area contributed by atoms with Crippen molar-refractivity contribution in [2.75, 3.05) is 5.73 Å². The van der Waals surface area contributed by atoms with E-state index in [1.54, 1.807) is 6.20 Å². The van der Waals surface area contributed by atoms with E-state index in [4.69, 9.17) is 5.73 Å². The van der Waals surface area contributed by atoms with Crippen LogP contribution in [0.2, 0.25) is 0 Å². The number of nitrogen functional groups attached to an aromatic ring is 1. The third-order valence-corrected chi connectivity index (χ3v) is 3.07. The van der Waals surface area contributed by atoms with E-state index < -0.39 is 0 Å². The van der Waals surface area contributed by atoms with Crippen molar-refractivity contribution in [1.29, 1.82) is 0 Å². The highest BCUT2D eigenvalue weighted by Crippen LogP contribution is 2.15. The molecule has 0 amide bonds. The number of benzene rings is 1. The molecule has 0 bridgehead atoms. The molecule has 0 fully saturated rings. The van der Waals surface area contributed by atoms with Gasteiger partial charge in [-0.25, -0.2) is 0 Å². The summed E-state index contributed by atoms with van der Waals surface area (Å²) in [6, 6.07) is 10.2. The van der Waals surface area contributed by atoms with E-state index in [1.807, 2.05) is 12.3 Å². The van der Waals surface area contributed by atoms with Gasteiger partial charge in [-0.2, -0.15) is 0 Å². The quantitative estimate of drug-likeness (QED) is 0.935. The molecule has 0 aliphatic rings. The van der Waals surface area contributed by atoms with Crippen LogP contribution in [0.3, 0.4) is 0 Å². The molecule has 0 saturated heterocycles. The Balaban J connectivity index is 2.02. The van der Waals surface area contributed by atoms with Crippen LogP contribution in [0.4, 0.5) is 5.69 Å². The Hall–Kier alpha value is -1.35. The summed E-state index contributed by atoms with van der Waals surface area (Å²) in [7, 11) is 0. The van der Waals surface area contributed by atoms with E-state index in [-0.39, 0.29) is 0 Å². The van der Waals surface area contributed by atoms with Gasteiger partial charge < -0.3 is 5.73 Å². The standard InChI is InChI=1S/C13H13BrN2/c14-12-5-2-10(3-6-12)1-4-11-9-16-8-7-13(11)15/h2-3,5-9H,1,4H2,(H2,15,16). The van der Waals surface area contributed by atoms with Crippen molar-refractivity contribution in [3.05, 3.63) is 58.3 Å². The summed E-state index contributed by atoms with van der Waals surface area (Å²) in [5.74, 6) is 0. The Morgan fingerprint density at radius 1 is 1.06 bits per heavy atom. The lowest BCUT2D eigenvalue weighted by Crippen LogP contribution is -1.97. The predicted molar refractivity (Wildman–Crippen MR) is 70.2 cm³/mol. The van der Waals surface area contributed by atoms with Gasteiger partial charge in [0.2, 0.25) is 0 Å². The first kappa shape index (κ1) is 11.1. The molecule has 2 N–H and O–H groups in total. The lowest BCUT2D eigenvalue weighted by Gasteiger charge is -2.04. The summed E-state index contributed by atoms with van der Waals surface area (Å²) in [6.45, 7) is 0. The average Bonchev–Trinajstić information content (AvgIpc) is 2.30. The number of hydrogen-bond acceptors (Lipinski definition) is 2. The number of hydrogen-bond donors (Lipinski definition) is 1. The third-order valence-electron chi connectivity index (χ3n) is 2.54. The van der Waals surface area contributed by atoms with Crippen LogP contribution < -0.4 is 5.73 Å². The Morgan fingerprint density at radius 2 is 1.81 bits per heavy atom. The zero-order valence-electron chi connectivity index (χ0n) is 8.86. The molecule has 0 aliphatic carbocycles. The molecule has 0 radical (unpaired) electrons. The third kappa shape index (κ3) is 2.83. The van der Waals surface area contributed by atoms with E-state index in [0.29, 0.717) is 0 Å².